The summed E-state index contributed by atoms with van der Waals surface area (Å²) in [5.41, 5.74) is 0. The molecule has 5 atom stereocenters. The minimum absolute atomic E-state index is 0.0268. The van der Waals surface area contributed by atoms with Gasteiger partial charge in [0.25, 0.3) is 0 Å². The van der Waals surface area contributed by atoms with Crippen molar-refractivity contribution in [3.63, 3.8) is 0 Å². The molecule has 580 valence electrons. The fourth-order valence-electron chi connectivity index (χ4n) is 10.8. The molecule has 98 heavy (non-hydrogen) atoms. The average Bonchev–Trinajstić information content (AvgIpc) is 2.34. The van der Waals surface area contributed by atoms with Gasteiger partial charge in [-0.05, 0) is 162 Å². The Morgan fingerprint density at radius 2 is 0.520 bits per heavy atom. The maximum absolute atomic E-state index is 11.0. The molecule has 0 aromatic heterocycles. The molecule has 5 unspecified atom stereocenters. The number of unbranched alkanes of at least 4 members (excludes halogenated alkanes) is 33. The molecule has 0 aromatic rings. The van der Waals surface area contributed by atoms with Crippen LogP contribution in [0.15, 0.2) is 24.3 Å². The average molecular weight is 1590 g/mol. The Balaban J connectivity index is -0.000000265. The second-order valence-electron chi connectivity index (χ2n) is 26.4. The van der Waals surface area contributed by atoms with Crippen LogP contribution < -0.4 is 15.3 Å². The van der Waals surface area contributed by atoms with E-state index in [2.05, 4.69) is 129 Å². The quantitative estimate of drug-likeness (QED) is 0.00994. The topological polar surface area (TPSA) is 221 Å². The minimum atomic E-state index is -0.908. The summed E-state index contributed by atoms with van der Waals surface area (Å²) in [5, 5.41) is 50.1. The third-order valence-electron chi connectivity index (χ3n) is 17.3. The molecule has 0 bridgehead atoms. The van der Waals surface area contributed by atoms with Gasteiger partial charge in [0, 0.05) is 17.9 Å². The van der Waals surface area contributed by atoms with Crippen molar-refractivity contribution in [3.05, 3.63) is 24.3 Å². The van der Waals surface area contributed by atoms with Gasteiger partial charge in [-0.1, -0.05) is 258 Å². The van der Waals surface area contributed by atoms with Crippen molar-refractivity contribution < 1.29 is 59.0 Å². The van der Waals surface area contributed by atoms with E-state index in [1.807, 2.05) is 0 Å². The standard InChI is InChI=1S/2C20H38O2S.3C11H22O2S.C7H13O2.Sn.H/c2*1-2-3-4-5-6-7-8-9-10-11-12-13-14-15-16-19(17-18-23)20(21)22;3*1-2-3-4-5-6-7-10(8-9-14)11(12)13;1-3-5-6-9-7(8)4-2;;/h2*9-10,19,23H,2-8,11-18H2,1H3,(H,21,22);3*10,14H,2-9H2,1H3,(H,12,13);2-6H2,1H3;;/q;;;;;;+2;/p-3/b2*10-9-;;;;;;. The molecule has 0 radical (unpaired) electrons. The van der Waals surface area contributed by atoms with Gasteiger partial charge in [0.05, 0.1) is 11.8 Å². The number of rotatable bonds is 66. The van der Waals surface area contributed by atoms with Gasteiger partial charge < -0.3 is 39.9 Å². The predicted octanol–water partition coefficient (Wildman–Crippen LogP) is 20.4. The number of carboxylic acid groups (broad SMARTS) is 5. The van der Waals surface area contributed by atoms with Crippen LogP contribution in [0.2, 0.25) is 4.44 Å². The van der Waals surface area contributed by atoms with Crippen LogP contribution in [0.4, 0.5) is 0 Å². The first kappa shape index (κ1) is 108. The van der Waals surface area contributed by atoms with Crippen molar-refractivity contribution in [3.8, 4) is 0 Å². The van der Waals surface area contributed by atoms with E-state index in [1.54, 1.807) is 0 Å². The van der Waals surface area contributed by atoms with Crippen molar-refractivity contribution in [1.82, 2.24) is 0 Å². The Kier molecular flexibility index (Phi) is 103. The number of hydrogen-bond donors (Lipinski definition) is 7. The van der Waals surface area contributed by atoms with Crippen LogP contribution in [-0.4, -0.2) is 104 Å². The number of aliphatic carboxylic acids is 5. The molecule has 12 nitrogen and oxygen atoms in total. The van der Waals surface area contributed by atoms with E-state index in [4.69, 9.17) is 14.9 Å². The Morgan fingerprint density at radius 1 is 0.316 bits per heavy atom. The van der Waals surface area contributed by atoms with Crippen LogP contribution in [0, 0.1) is 29.6 Å². The van der Waals surface area contributed by atoms with Crippen molar-refractivity contribution in [2.75, 3.05) is 35.4 Å². The van der Waals surface area contributed by atoms with E-state index < -0.39 is 29.8 Å². The number of allylic oxidation sites excluding steroid dienone is 4. The number of ether oxygens (including phenoxy) is 1. The fourth-order valence-corrected chi connectivity index (χ4v) is 13.0. The summed E-state index contributed by atoms with van der Waals surface area (Å²) in [5.74, 6) is -2.06. The number of carbonyl (C=O) groups excluding carboxylic acids is 4. The number of carboxylic acids is 5. The van der Waals surface area contributed by atoms with Crippen LogP contribution >= 0.6 is 63.1 Å². The predicted molar refractivity (Wildman–Crippen MR) is 432 cm³/mol. The summed E-state index contributed by atoms with van der Waals surface area (Å²) < 4.78 is 5.91. The van der Waals surface area contributed by atoms with Gasteiger partial charge in [0.15, 0.2) is 0 Å². The zero-order valence-electron chi connectivity index (χ0n) is 63.7. The van der Waals surface area contributed by atoms with Crippen molar-refractivity contribution in [2.45, 2.75) is 380 Å². The molecule has 0 saturated heterocycles. The summed E-state index contributed by atoms with van der Waals surface area (Å²) in [7, 11) is 0. The molecule has 0 saturated carbocycles. The SMILES string of the molecule is CCCCCCCC(CCS)C(=O)[O-].CCCCCCCC(CCS)C(=O)[O-].CCCCCCCC(CCS)C(=O)[O-].CCCCCCCC/C=C\CCCCCCC(CCS)C(=O)O.CCCCCCCC/C=C\CCCCCCC(CCS)C(=O)O.CCCCOC(=O)C[CH2][SnH+2]. The van der Waals surface area contributed by atoms with Crippen molar-refractivity contribution in [1.29, 1.82) is 0 Å². The molecule has 0 aliphatic rings. The van der Waals surface area contributed by atoms with Crippen molar-refractivity contribution in [2.24, 2.45) is 29.6 Å². The van der Waals surface area contributed by atoms with Crippen LogP contribution in [0.5, 0.6) is 0 Å². The van der Waals surface area contributed by atoms with E-state index in [1.165, 1.54) is 186 Å². The Labute approximate surface area is 644 Å². The zero-order valence-corrected chi connectivity index (χ0v) is 71.5. The number of esters is 1. The van der Waals surface area contributed by atoms with E-state index in [0.717, 1.165) is 136 Å². The third kappa shape index (κ3) is 92.9. The molecule has 0 aromatic carbocycles. The summed E-state index contributed by atoms with van der Waals surface area (Å²) >= 11 is 21.5. The molecule has 0 amide bonds. The van der Waals surface area contributed by atoms with Crippen LogP contribution in [0.25, 0.3) is 0 Å². The van der Waals surface area contributed by atoms with Crippen LogP contribution in [0.3, 0.4) is 0 Å². The van der Waals surface area contributed by atoms with Crippen LogP contribution in [-0.2, 0) is 33.5 Å². The molecular weight excluding hydrogens is 1430 g/mol. The molecule has 0 aliphatic carbocycles. The van der Waals surface area contributed by atoms with E-state index in [9.17, 15) is 44.1 Å². The Hall–Kier alpha value is -1.15. The zero-order chi connectivity index (χ0) is 74.6. The third-order valence-corrected chi connectivity index (χ3v) is 19.4. The normalized spacial score (nSPS) is 12.4. The Bertz CT molecular complexity index is 1590. The summed E-state index contributed by atoms with van der Waals surface area (Å²) in [6.45, 7) is 13.7. The Morgan fingerprint density at radius 3 is 0.724 bits per heavy atom. The molecule has 0 spiro atoms. The number of thiol groups is 5. The fraction of sp³-hybridized carbons (Fsp3) is 0.875. The summed E-state index contributed by atoms with van der Waals surface area (Å²) in [6, 6.07) is 0. The first-order valence-corrected chi connectivity index (χ1v) is 45.2. The maximum atomic E-state index is 11.0. The molecule has 18 heteroatoms. The van der Waals surface area contributed by atoms with E-state index in [0.29, 0.717) is 73.9 Å². The molecule has 0 aliphatic heterocycles. The first-order valence-electron chi connectivity index (χ1n) is 39.7. The van der Waals surface area contributed by atoms with E-state index >= 15 is 0 Å². The molecule has 0 fully saturated rings. The van der Waals surface area contributed by atoms with Gasteiger partial charge in [-0.2, -0.15) is 63.1 Å². The molecule has 0 rings (SSSR count). The first-order chi connectivity index (χ1) is 47.4. The molecule has 2 N–H and O–H groups in total. The molecular formula is C80H153O12S5Sn-. The second kappa shape index (κ2) is 93.9. The van der Waals surface area contributed by atoms with Gasteiger partial charge >= 0.3 is 87.2 Å². The van der Waals surface area contributed by atoms with E-state index in [-0.39, 0.29) is 35.6 Å². The van der Waals surface area contributed by atoms with Gasteiger partial charge in [0.2, 0.25) is 0 Å². The molecule has 0 heterocycles. The van der Waals surface area contributed by atoms with Gasteiger partial charge in [-0.3, -0.25) is 9.59 Å². The summed E-state index contributed by atoms with van der Waals surface area (Å²) in [4.78, 5) is 64.7. The van der Waals surface area contributed by atoms with Crippen LogP contribution in [0.1, 0.15) is 375 Å². The van der Waals surface area contributed by atoms with Gasteiger partial charge in [0.1, 0.15) is 0 Å². The van der Waals surface area contributed by atoms with Gasteiger partial charge in [-0.15, -0.1) is 0 Å². The second-order valence-corrected chi connectivity index (χ2v) is 30.3. The van der Waals surface area contributed by atoms with Gasteiger partial charge in [-0.25, -0.2) is 0 Å². The number of hydrogen-bond acceptors (Lipinski definition) is 15. The number of carbonyl (C=O) groups is 6. The monoisotopic (exact) mass is 1590 g/mol. The van der Waals surface area contributed by atoms with Crippen molar-refractivity contribution >= 4 is 121 Å². The summed E-state index contributed by atoms with van der Waals surface area (Å²) in [6.07, 6.45) is 67.3.